The second-order valence-corrected chi connectivity index (χ2v) is 5.17. The summed E-state index contributed by atoms with van der Waals surface area (Å²) in [5, 5.41) is 4.31. The van der Waals surface area contributed by atoms with Crippen molar-refractivity contribution in [2.75, 3.05) is 13.7 Å². The van der Waals surface area contributed by atoms with Crippen molar-refractivity contribution >= 4 is 11.6 Å². The SMILES string of the molecule is COc1ccccc1CCNC(C)c1ccccc1Cl. The fourth-order valence-corrected chi connectivity index (χ4v) is 2.57. The van der Waals surface area contributed by atoms with Crippen molar-refractivity contribution in [2.24, 2.45) is 0 Å². The monoisotopic (exact) mass is 289 g/mol. The van der Waals surface area contributed by atoms with E-state index in [9.17, 15) is 0 Å². The first-order chi connectivity index (χ1) is 9.72. The van der Waals surface area contributed by atoms with Gasteiger partial charge in [0.25, 0.3) is 0 Å². The zero-order chi connectivity index (χ0) is 14.4. The van der Waals surface area contributed by atoms with Gasteiger partial charge in [0.05, 0.1) is 7.11 Å². The van der Waals surface area contributed by atoms with Crippen LogP contribution >= 0.6 is 11.6 Å². The lowest BCUT2D eigenvalue weighted by Gasteiger charge is -2.16. The zero-order valence-corrected chi connectivity index (χ0v) is 12.7. The molecule has 0 amide bonds. The van der Waals surface area contributed by atoms with Crippen LogP contribution in [0.5, 0.6) is 5.75 Å². The number of halogens is 1. The van der Waals surface area contributed by atoms with Crippen LogP contribution in [0.4, 0.5) is 0 Å². The maximum absolute atomic E-state index is 6.20. The van der Waals surface area contributed by atoms with Crippen LogP contribution in [0.25, 0.3) is 0 Å². The summed E-state index contributed by atoms with van der Waals surface area (Å²) in [6.07, 6.45) is 0.929. The van der Waals surface area contributed by atoms with Gasteiger partial charge in [0.1, 0.15) is 5.75 Å². The summed E-state index contributed by atoms with van der Waals surface area (Å²) in [5.41, 5.74) is 2.35. The van der Waals surface area contributed by atoms with Crippen LogP contribution in [0.2, 0.25) is 5.02 Å². The van der Waals surface area contributed by atoms with Gasteiger partial charge in [0.15, 0.2) is 0 Å². The summed E-state index contributed by atoms with van der Waals surface area (Å²) in [4.78, 5) is 0. The number of nitrogens with one attached hydrogen (secondary N) is 1. The highest BCUT2D eigenvalue weighted by Crippen LogP contribution is 2.22. The van der Waals surface area contributed by atoms with Crippen molar-refractivity contribution < 1.29 is 4.74 Å². The van der Waals surface area contributed by atoms with Crippen LogP contribution in [-0.4, -0.2) is 13.7 Å². The molecule has 3 heteroatoms. The number of benzene rings is 2. The smallest absolute Gasteiger partial charge is 0.122 e. The fourth-order valence-electron chi connectivity index (χ4n) is 2.27. The summed E-state index contributed by atoms with van der Waals surface area (Å²) in [6.45, 7) is 3.01. The van der Waals surface area contributed by atoms with Crippen LogP contribution in [0.1, 0.15) is 24.1 Å². The summed E-state index contributed by atoms with van der Waals surface area (Å²) in [5.74, 6) is 0.944. The summed E-state index contributed by atoms with van der Waals surface area (Å²) in [6, 6.07) is 16.3. The highest BCUT2D eigenvalue weighted by Gasteiger charge is 2.08. The third-order valence-electron chi connectivity index (χ3n) is 3.41. The molecule has 0 aromatic heterocycles. The molecule has 2 aromatic carbocycles. The van der Waals surface area contributed by atoms with Gasteiger partial charge in [-0.1, -0.05) is 48.0 Å². The molecule has 106 valence electrons. The normalized spacial score (nSPS) is 12.2. The molecule has 0 aliphatic heterocycles. The first-order valence-corrected chi connectivity index (χ1v) is 7.20. The van der Waals surface area contributed by atoms with Gasteiger partial charge in [-0.3, -0.25) is 0 Å². The average Bonchev–Trinajstić information content (AvgIpc) is 2.48. The van der Waals surface area contributed by atoms with Crippen LogP contribution < -0.4 is 10.1 Å². The van der Waals surface area contributed by atoms with E-state index < -0.39 is 0 Å². The van der Waals surface area contributed by atoms with Gasteiger partial charge in [-0.05, 0) is 43.1 Å². The van der Waals surface area contributed by atoms with E-state index in [-0.39, 0.29) is 6.04 Å². The van der Waals surface area contributed by atoms with E-state index in [1.165, 1.54) is 5.56 Å². The molecule has 0 fully saturated rings. The number of para-hydroxylation sites is 1. The summed E-state index contributed by atoms with van der Waals surface area (Å²) < 4.78 is 5.36. The van der Waals surface area contributed by atoms with Gasteiger partial charge in [0.2, 0.25) is 0 Å². The van der Waals surface area contributed by atoms with Crippen molar-refractivity contribution in [3.63, 3.8) is 0 Å². The minimum atomic E-state index is 0.235. The van der Waals surface area contributed by atoms with E-state index in [1.807, 2.05) is 36.4 Å². The number of hydrogen-bond acceptors (Lipinski definition) is 2. The number of methoxy groups -OCH3 is 1. The highest BCUT2D eigenvalue weighted by atomic mass is 35.5. The first-order valence-electron chi connectivity index (χ1n) is 6.82. The number of ether oxygens (including phenoxy) is 1. The largest absolute Gasteiger partial charge is 0.496 e. The third-order valence-corrected chi connectivity index (χ3v) is 3.75. The Balaban J connectivity index is 1.91. The Morgan fingerprint density at radius 2 is 1.80 bits per heavy atom. The Kier molecular flexibility index (Phi) is 5.45. The van der Waals surface area contributed by atoms with Crippen LogP contribution in [0.3, 0.4) is 0 Å². The molecule has 0 radical (unpaired) electrons. The van der Waals surface area contributed by atoms with E-state index >= 15 is 0 Å². The number of hydrogen-bond donors (Lipinski definition) is 1. The maximum Gasteiger partial charge on any atom is 0.122 e. The van der Waals surface area contributed by atoms with Crippen molar-refractivity contribution in [1.82, 2.24) is 5.32 Å². The Bertz CT molecular complexity index is 556. The second kappa shape index (κ2) is 7.32. The van der Waals surface area contributed by atoms with E-state index in [0.29, 0.717) is 0 Å². The van der Waals surface area contributed by atoms with Crippen molar-refractivity contribution in [3.8, 4) is 5.75 Å². The van der Waals surface area contributed by atoms with Crippen molar-refractivity contribution in [1.29, 1.82) is 0 Å². The maximum atomic E-state index is 6.20. The third kappa shape index (κ3) is 3.75. The molecule has 0 saturated heterocycles. The van der Waals surface area contributed by atoms with E-state index in [2.05, 4.69) is 24.4 Å². The Hall–Kier alpha value is -1.51. The van der Waals surface area contributed by atoms with Crippen LogP contribution in [-0.2, 0) is 6.42 Å². The van der Waals surface area contributed by atoms with Gasteiger partial charge in [-0.15, -0.1) is 0 Å². The lowest BCUT2D eigenvalue weighted by Crippen LogP contribution is -2.21. The average molecular weight is 290 g/mol. The second-order valence-electron chi connectivity index (χ2n) is 4.76. The van der Waals surface area contributed by atoms with Crippen molar-refractivity contribution in [2.45, 2.75) is 19.4 Å². The molecule has 20 heavy (non-hydrogen) atoms. The number of rotatable bonds is 6. The standard InChI is InChI=1S/C17H20ClNO/c1-13(15-8-4-5-9-16(15)18)19-12-11-14-7-3-6-10-17(14)20-2/h3-10,13,19H,11-12H2,1-2H3. The summed E-state index contributed by atoms with van der Waals surface area (Å²) in [7, 11) is 1.71. The molecule has 0 spiro atoms. The molecular formula is C17H20ClNO. The predicted molar refractivity (Wildman–Crippen MR) is 84.6 cm³/mol. The van der Waals surface area contributed by atoms with E-state index in [4.69, 9.17) is 16.3 Å². The Labute approximate surface area is 125 Å². The molecule has 1 atom stereocenters. The van der Waals surface area contributed by atoms with Crippen LogP contribution in [0.15, 0.2) is 48.5 Å². The van der Waals surface area contributed by atoms with Gasteiger partial charge < -0.3 is 10.1 Å². The quantitative estimate of drug-likeness (QED) is 0.859. The van der Waals surface area contributed by atoms with E-state index in [1.54, 1.807) is 7.11 Å². The Morgan fingerprint density at radius 1 is 1.10 bits per heavy atom. The lowest BCUT2D eigenvalue weighted by molar-refractivity contribution is 0.408. The molecule has 2 nitrogen and oxygen atoms in total. The lowest BCUT2D eigenvalue weighted by atomic mass is 10.1. The molecule has 0 bridgehead atoms. The summed E-state index contributed by atoms with van der Waals surface area (Å²) >= 11 is 6.20. The molecule has 1 unspecified atom stereocenters. The fraction of sp³-hybridized carbons (Fsp3) is 0.294. The molecule has 2 aromatic rings. The molecule has 0 aliphatic carbocycles. The zero-order valence-electron chi connectivity index (χ0n) is 11.9. The van der Waals surface area contributed by atoms with Gasteiger partial charge >= 0.3 is 0 Å². The molecule has 0 saturated carbocycles. The topological polar surface area (TPSA) is 21.3 Å². The molecule has 0 heterocycles. The molecule has 2 rings (SSSR count). The predicted octanol–water partition coefficient (Wildman–Crippen LogP) is 4.24. The van der Waals surface area contributed by atoms with Crippen LogP contribution in [0, 0.1) is 0 Å². The van der Waals surface area contributed by atoms with Gasteiger partial charge in [0, 0.05) is 11.1 Å². The highest BCUT2D eigenvalue weighted by molar-refractivity contribution is 6.31. The van der Waals surface area contributed by atoms with Crippen molar-refractivity contribution in [3.05, 3.63) is 64.7 Å². The minimum Gasteiger partial charge on any atom is -0.496 e. The molecular weight excluding hydrogens is 270 g/mol. The van der Waals surface area contributed by atoms with E-state index in [0.717, 1.165) is 29.3 Å². The first kappa shape index (κ1) is 14.9. The minimum absolute atomic E-state index is 0.235. The molecule has 1 N–H and O–H groups in total. The molecule has 0 aliphatic rings. The van der Waals surface area contributed by atoms with Gasteiger partial charge in [-0.2, -0.15) is 0 Å². The van der Waals surface area contributed by atoms with Gasteiger partial charge in [-0.25, -0.2) is 0 Å². The Morgan fingerprint density at radius 3 is 2.55 bits per heavy atom.